The number of hydrogen-bond donors (Lipinski definition) is 0. The van der Waals surface area contributed by atoms with Gasteiger partial charge >= 0.3 is 13.6 Å². The molecule has 0 aromatic rings. The normalized spacial score (nSPS) is 12.0. The summed E-state index contributed by atoms with van der Waals surface area (Å²) in [5.74, 6) is 0.148. The molecule has 0 radical (unpaired) electrons. The Hall–Kier alpha value is -1.15. The highest BCUT2D eigenvalue weighted by atomic mass is 31.2. The molecular weight excluding hydrogens is 293 g/mol. The van der Waals surface area contributed by atoms with Gasteiger partial charge in [0.25, 0.3) is 0 Å². The van der Waals surface area contributed by atoms with E-state index in [9.17, 15) is 9.36 Å². The van der Waals surface area contributed by atoms with Gasteiger partial charge < -0.3 is 13.8 Å². The summed E-state index contributed by atoms with van der Waals surface area (Å²) in [4.78, 5) is 11.6. The fourth-order valence-corrected chi connectivity index (χ4v) is 2.75. The van der Waals surface area contributed by atoms with Crippen molar-refractivity contribution in [3.05, 3.63) is 11.4 Å². The Kier molecular flexibility index (Phi) is 10.9. The molecule has 0 aromatic heterocycles. The van der Waals surface area contributed by atoms with Gasteiger partial charge in [0.15, 0.2) is 0 Å². The molecule has 0 spiro atoms. The molecule has 7 heteroatoms. The van der Waals surface area contributed by atoms with Gasteiger partial charge in [0, 0.05) is 0 Å². The number of esters is 1. The highest BCUT2D eigenvalue weighted by Gasteiger charge is 2.25. The van der Waals surface area contributed by atoms with Crippen LogP contribution in [0.15, 0.2) is 11.4 Å². The molecule has 0 atom stereocenters. The lowest BCUT2D eigenvalue weighted by Crippen LogP contribution is -2.07. The minimum absolute atomic E-state index is 0.134. The van der Waals surface area contributed by atoms with Crippen molar-refractivity contribution in [3.8, 4) is 6.07 Å². The summed E-state index contributed by atoms with van der Waals surface area (Å²) in [5, 5.41) is 8.98. The van der Waals surface area contributed by atoms with Crippen LogP contribution in [0.1, 0.15) is 46.5 Å². The molecule has 0 aromatic carbocycles. The monoisotopic (exact) mass is 317 g/mol. The van der Waals surface area contributed by atoms with E-state index in [0.29, 0.717) is 0 Å². The molecule has 0 saturated heterocycles. The third-order valence-corrected chi connectivity index (χ3v) is 4.10. The van der Waals surface area contributed by atoms with Crippen LogP contribution >= 0.6 is 7.60 Å². The topological polar surface area (TPSA) is 85.6 Å². The summed E-state index contributed by atoms with van der Waals surface area (Å²) < 4.78 is 27.8. The second kappa shape index (κ2) is 11.5. The highest BCUT2D eigenvalue weighted by Crippen LogP contribution is 2.51. The van der Waals surface area contributed by atoms with E-state index < -0.39 is 13.6 Å². The smallest absolute Gasteiger partial charge is 0.355 e. The van der Waals surface area contributed by atoms with Crippen molar-refractivity contribution in [2.75, 3.05) is 19.8 Å². The molecule has 0 aliphatic heterocycles. The van der Waals surface area contributed by atoms with Crippen LogP contribution in [0.2, 0.25) is 0 Å². The predicted octanol–water partition coefficient (Wildman–Crippen LogP) is 3.78. The first-order valence-electron chi connectivity index (χ1n) is 7.21. The van der Waals surface area contributed by atoms with Crippen molar-refractivity contribution < 1.29 is 23.1 Å². The van der Waals surface area contributed by atoms with Crippen molar-refractivity contribution >= 4 is 13.6 Å². The van der Waals surface area contributed by atoms with Gasteiger partial charge in [-0.25, -0.2) is 4.79 Å². The summed E-state index contributed by atoms with van der Waals surface area (Å²) in [6.45, 7) is 6.20. The maximum Gasteiger partial charge on any atom is 0.355 e. The van der Waals surface area contributed by atoms with Gasteiger partial charge in [0.1, 0.15) is 11.6 Å². The molecule has 21 heavy (non-hydrogen) atoms. The van der Waals surface area contributed by atoms with Crippen LogP contribution in [0, 0.1) is 11.3 Å². The lowest BCUT2D eigenvalue weighted by atomic mass is 10.3. The van der Waals surface area contributed by atoms with Crippen molar-refractivity contribution in [2.45, 2.75) is 46.5 Å². The van der Waals surface area contributed by atoms with Crippen molar-refractivity contribution in [1.82, 2.24) is 0 Å². The maximum atomic E-state index is 12.6. The van der Waals surface area contributed by atoms with Crippen LogP contribution in [-0.2, 0) is 23.1 Å². The van der Waals surface area contributed by atoms with Crippen LogP contribution in [-0.4, -0.2) is 25.8 Å². The number of unbranched alkanes of at least 4 members (excludes halogenated alkanes) is 2. The Balaban J connectivity index is 5.02. The molecule has 120 valence electrons. The first-order chi connectivity index (χ1) is 10.0. The summed E-state index contributed by atoms with van der Waals surface area (Å²) in [6.07, 6.45) is 3.19. The lowest BCUT2D eigenvalue weighted by Gasteiger charge is -2.15. The largest absolute Gasteiger partial charge is 0.462 e. The summed E-state index contributed by atoms with van der Waals surface area (Å²) in [7, 11) is -3.61. The third-order valence-electron chi connectivity index (χ3n) is 2.44. The number of rotatable bonds is 11. The Morgan fingerprint density at radius 1 is 1.14 bits per heavy atom. The molecule has 6 nitrogen and oxygen atoms in total. The van der Waals surface area contributed by atoms with E-state index in [1.165, 1.54) is 0 Å². The first kappa shape index (κ1) is 19.9. The number of carbonyl (C=O) groups is 1. The van der Waals surface area contributed by atoms with Gasteiger partial charge in [-0.3, -0.25) is 4.57 Å². The van der Waals surface area contributed by atoms with Crippen LogP contribution < -0.4 is 0 Å². The minimum atomic E-state index is -3.61. The molecule has 0 N–H and O–H groups in total. The third kappa shape index (κ3) is 8.67. The summed E-state index contributed by atoms with van der Waals surface area (Å²) in [6, 6.07) is 1.68. The summed E-state index contributed by atoms with van der Waals surface area (Å²) >= 11 is 0. The fourth-order valence-electron chi connectivity index (χ4n) is 1.28. The maximum absolute atomic E-state index is 12.6. The van der Waals surface area contributed by atoms with Gasteiger partial charge in [-0.1, -0.05) is 26.7 Å². The zero-order valence-corrected chi connectivity index (χ0v) is 13.9. The SMILES string of the molecule is CCCCOP(=O)(C=C(C#N)C(=O)OCC)OCCCC. The van der Waals surface area contributed by atoms with Crippen molar-refractivity contribution in [3.63, 3.8) is 0 Å². The number of nitriles is 1. The first-order valence-corrected chi connectivity index (χ1v) is 8.83. The Labute approximate surface area is 126 Å². The molecule has 0 unspecified atom stereocenters. The second-order valence-electron chi connectivity index (χ2n) is 4.29. The van der Waals surface area contributed by atoms with E-state index in [4.69, 9.17) is 19.0 Å². The molecular formula is C14H24NO5P. The van der Waals surface area contributed by atoms with Crippen molar-refractivity contribution in [2.24, 2.45) is 0 Å². The molecule has 0 heterocycles. The quantitative estimate of drug-likeness (QED) is 0.189. The Morgan fingerprint density at radius 2 is 1.67 bits per heavy atom. The van der Waals surface area contributed by atoms with E-state index in [1.807, 2.05) is 13.8 Å². The molecule has 0 bridgehead atoms. The average Bonchev–Trinajstić information content (AvgIpc) is 2.46. The van der Waals surface area contributed by atoms with Crippen LogP contribution in [0.3, 0.4) is 0 Å². The summed E-state index contributed by atoms with van der Waals surface area (Å²) in [5.41, 5.74) is -0.354. The zero-order chi connectivity index (χ0) is 16.1. The molecule has 0 amide bonds. The number of hydrogen-bond acceptors (Lipinski definition) is 6. The van der Waals surface area contributed by atoms with E-state index >= 15 is 0 Å². The van der Waals surface area contributed by atoms with Crippen LogP contribution in [0.5, 0.6) is 0 Å². The Bertz CT molecular complexity index is 414. The van der Waals surface area contributed by atoms with Crippen LogP contribution in [0.4, 0.5) is 0 Å². The van der Waals surface area contributed by atoms with Crippen LogP contribution in [0.25, 0.3) is 0 Å². The van der Waals surface area contributed by atoms with E-state index in [1.54, 1.807) is 13.0 Å². The number of carbonyl (C=O) groups excluding carboxylic acids is 1. The average molecular weight is 317 g/mol. The van der Waals surface area contributed by atoms with Gasteiger partial charge in [0.2, 0.25) is 0 Å². The van der Waals surface area contributed by atoms with E-state index in [2.05, 4.69) is 0 Å². The van der Waals surface area contributed by atoms with Crippen molar-refractivity contribution in [1.29, 1.82) is 5.26 Å². The van der Waals surface area contributed by atoms with Gasteiger partial charge in [-0.2, -0.15) is 5.26 Å². The lowest BCUT2D eigenvalue weighted by molar-refractivity contribution is -0.138. The minimum Gasteiger partial charge on any atom is -0.462 e. The van der Waals surface area contributed by atoms with Gasteiger partial charge in [-0.15, -0.1) is 0 Å². The molecule has 0 saturated carbocycles. The number of nitrogens with zero attached hydrogens (tertiary/aromatic N) is 1. The fraction of sp³-hybridized carbons (Fsp3) is 0.714. The predicted molar refractivity (Wildman–Crippen MR) is 79.7 cm³/mol. The molecule has 0 fully saturated rings. The molecule has 0 aliphatic carbocycles. The standard InChI is InChI=1S/C14H24NO5P/c1-4-7-9-19-21(17,20-10-8-5-2)12-13(11-15)14(16)18-6-3/h12H,4-10H2,1-3H3. The van der Waals surface area contributed by atoms with E-state index in [-0.39, 0.29) is 25.4 Å². The van der Waals surface area contributed by atoms with Gasteiger partial charge in [-0.05, 0) is 19.8 Å². The Morgan fingerprint density at radius 3 is 2.05 bits per heavy atom. The van der Waals surface area contributed by atoms with E-state index in [0.717, 1.165) is 31.5 Å². The molecule has 0 aliphatic rings. The second-order valence-corrected chi connectivity index (χ2v) is 6.14. The number of ether oxygens (including phenoxy) is 1. The highest BCUT2D eigenvalue weighted by molar-refractivity contribution is 7.57. The zero-order valence-electron chi connectivity index (χ0n) is 13.0. The van der Waals surface area contributed by atoms with Gasteiger partial charge in [0.05, 0.1) is 25.6 Å². The molecule has 0 rings (SSSR count).